The molecule has 0 unspecified atom stereocenters. The summed E-state index contributed by atoms with van der Waals surface area (Å²) in [5.41, 5.74) is 2.49. The van der Waals surface area contributed by atoms with Crippen LogP contribution in [0.2, 0.25) is 0 Å². The first-order valence-electron chi connectivity index (χ1n) is 11.6. The van der Waals surface area contributed by atoms with Crippen LogP contribution < -0.4 is 20.3 Å². The first-order chi connectivity index (χ1) is 16.3. The van der Waals surface area contributed by atoms with E-state index in [1.54, 1.807) is 13.1 Å². The lowest BCUT2D eigenvalue weighted by Crippen LogP contribution is -2.22. The van der Waals surface area contributed by atoms with Crippen LogP contribution in [0, 0.1) is 6.92 Å². The van der Waals surface area contributed by atoms with Gasteiger partial charge in [-0.2, -0.15) is 5.10 Å². The maximum atomic E-state index is 13.3. The van der Waals surface area contributed by atoms with Gasteiger partial charge < -0.3 is 15.0 Å². The number of benzene rings is 1. The number of rotatable bonds is 8. The summed E-state index contributed by atoms with van der Waals surface area (Å²) in [7, 11) is 0.940. The third-order valence-corrected chi connectivity index (χ3v) is 8.00. The van der Waals surface area contributed by atoms with E-state index in [-0.39, 0.29) is 16.5 Å². The molecule has 1 saturated carbocycles. The molecule has 3 N–H and O–H groups in total. The molecule has 4 rings (SSSR count). The highest BCUT2D eigenvalue weighted by Gasteiger charge is 2.26. The molecule has 184 valence electrons. The summed E-state index contributed by atoms with van der Waals surface area (Å²) >= 11 is 0. The van der Waals surface area contributed by atoms with Crippen LogP contribution in [0.3, 0.4) is 0 Å². The third kappa shape index (κ3) is 4.35. The van der Waals surface area contributed by atoms with E-state index in [0.717, 1.165) is 25.7 Å². The number of aromatic amines is 1. The van der Waals surface area contributed by atoms with Crippen molar-refractivity contribution in [1.29, 1.82) is 0 Å². The average Bonchev–Trinajstić information content (AvgIpc) is 3.19. The largest absolute Gasteiger partial charge is 0.496 e. The minimum Gasteiger partial charge on any atom is -0.496 e. The number of aryl methyl sites for hydroxylation is 1. The molecule has 34 heavy (non-hydrogen) atoms. The number of nitrogens with zero attached hydrogens (tertiary/aromatic N) is 3. The van der Waals surface area contributed by atoms with Gasteiger partial charge in [-0.3, -0.25) is 9.48 Å². The molecule has 11 heteroatoms. The molecule has 10 nitrogen and oxygen atoms in total. The molecule has 1 aliphatic carbocycles. The SMILES string of the molecule is CNCCc1c(S(=O)(=O)NC)ccc(-c2nc3c(C)nn(C4CCCCC4)c3c(=O)[nH]2)c1OC. The van der Waals surface area contributed by atoms with Gasteiger partial charge in [-0.1, -0.05) is 19.3 Å². The second-order valence-electron chi connectivity index (χ2n) is 8.62. The molecule has 0 saturated heterocycles. The molecule has 1 aromatic carbocycles. The number of aromatic nitrogens is 4. The minimum atomic E-state index is -3.71. The number of hydrogen-bond donors (Lipinski definition) is 3. The summed E-state index contributed by atoms with van der Waals surface area (Å²) in [5, 5.41) is 7.72. The highest BCUT2D eigenvalue weighted by atomic mass is 32.2. The summed E-state index contributed by atoms with van der Waals surface area (Å²) in [4.78, 5) is 21.1. The van der Waals surface area contributed by atoms with E-state index in [0.29, 0.717) is 52.4 Å². The zero-order valence-electron chi connectivity index (χ0n) is 20.1. The summed E-state index contributed by atoms with van der Waals surface area (Å²) in [6, 6.07) is 3.35. The summed E-state index contributed by atoms with van der Waals surface area (Å²) in [6.07, 6.45) is 5.88. The molecule has 0 aliphatic heterocycles. The number of fused-ring (bicyclic) bond motifs is 1. The fourth-order valence-corrected chi connectivity index (χ4v) is 5.77. The zero-order valence-corrected chi connectivity index (χ0v) is 20.9. The predicted octanol–water partition coefficient (Wildman–Crippen LogP) is 2.28. The van der Waals surface area contributed by atoms with Crippen LogP contribution in [0.4, 0.5) is 0 Å². The fraction of sp³-hybridized carbons (Fsp3) is 0.522. The van der Waals surface area contributed by atoms with E-state index in [4.69, 9.17) is 9.72 Å². The van der Waals surface area contributed by atoms with E-state index in [9.17, 15) is 13.2 Å². The minimum absolute atomic E-state index is 0.135. The second-order valence-corrected chi connectivity index (χ2v) is 10.5. The van der Waals surface area contributed by atoms with Crippen LogP contribution >= 0.6 is 0 Å². The van der Waals surface area contributed by atoms with Crippen LogP contribution in [-0.4, -0.2) is 55.9 Å². The van der Waals surface area contributed by atoms with Crippen LogP contribution in [-0.2, 0) is 16.4 Å². The van der Waals surface area contributed by atoms with Crippen molar-refractivity contribution in [2.24, 2.45) is 0 Å². The molecule has 0 bridgehead atoms. The van der Waals surface area contributed by atoms with Crippen molar-refractivity contribution < 1.29 is 13.2 Å². The smallest absolute Gasteiger partial charge is 0.277 e. The van der Waals surface area contributed by atoms with Gasteiger partial charge in [-0.25, -0.2) is 18.1 Å². The summed E-state index contributed by atoms with van der Waals surface area (Å²) in [5.74, 6) is 0.686. The lowest BCUT2D eigenvalue weighted by atomic mass is 9.95. The van der Waals surface area contributed by atoms with Crippen molar-refractivity contribution in [2.45, 2.75) is 56.4 Å². The lowest BCUT2D eigenvalue weighted by molar-refractivity contribution is 0.336. The monoisotopic (exact) mass is 488 g/mol. The van der Waals surface area contributed by atoms with Gasteiger partial charge in [-0.05, 0) is 59.0 Å². The van der Waals surface area contributed by atoms with Gasteiger partial charge in [0.15, 0.2) is 5.52 Å². The molecule has 3 aromatic rings. The standard InChI is InChI=1S/C23H32N6O4S/c1-14-19-20(29(28-14)15-8-6-5-7-9-15)23(30)27-22(26-19)17-10-11-18(34(31,32)25-3)16(12-13-24-2)21(17)33-4/h10-11,15,24-25H,5-9,12-13H2,1-4H3,(H,26,27,30). The van der Waals surface area contributed by atoms with Crippen molar-refractivity contribution in [1.82, 2.24) is 29.8 Å². The van der Waals surface area contributed by atoms with E-state index >= 15 is 0 Å². The maximum Gasteiger partial charge on any atom is 0.277 e. The number of ether oxygens (including phenoxy) is 1. The molecule has 2 heterocycles. The molecule has 1 fully saturated rings. The van der Waals surface area contributed by atoms with Crippen molar-refractivity contribution in [2.75, 3.05) is 27.7 Å². The lowest BCUT2D eigenvalue weighted by Gasteiger charge is -2.22. The van der Waals surface area contributed by atoms with Crippen LogP contribution in [0.1, 0.15) is 49.4 Å². The van der Waals surface area contributed by atoms with Gasteiger partial charge >= 0.3 is 0 Å². The number of likely N-dealkylation sites (N-methyl/N-ethyl adjacent to an activating group) is 1. The van der Waals surface area contributed by atoms with Crippen molar-refractivity contribution >= 4 is 21.1 Å². The normalized spacial score (nSPS) is 15.2. The van der Waals surface area contributed by atoms with Gasteiger partial charge in [0.2, 0.25) is 10.0 Å². The molecule has 0 spiro atoms. The molecule has 0 atom stereocenters. The quantitative estimate of drug-likeness (QED) is 0.443. The van der Waals surface area contributed by atoms with Gasteiger partial charge in [0, 0.05) is 5.56 Å². The molecule has 0 radical (unpaired) electrons. The molecular weight excluding hydrogens is 456 g/mol. The Hall–Kier alpha value is -2.76. The Labute approximate surface area is 199 Å². The van der Waals surface area contributed by atoms with E-state index in [1.807, 2.05) is 11.6 Å². The Balaban J connectivity index is 1.90. The molecule has 0 amide bonds. The number of hydrogen-bond acceptors (Lipinski definition) is 7. The first-order valence-corrected chi connectivity index (χ1v) is 13.1. The molecule has 1 aliphatic rings. The van der Waals surface area contributed by atoms with E-state index in [2.05, 4.69) is 20.1 Å². The molecule has 2 aromatic heterocycles. The highest BCUT2D eigenvalue weighted by Crippen LogP contribution is 2.36. The zero-order chi connectivity index (χ0) is 24.5. The van der Waals surface area contributed by atoms with E-state index in [1.165, 1.54) is 26.6 Å². The third-order valence-electron chi connectivity index (χ3n) is 6.51. The number of sulfonamides is 1. The Morgan fingerprint density at radius 2 is 1.94 bits per heavy atom. The average molecular weight is 489 g/mol. The summed E-state index contributed by atoms with van der Waals surface area (Å²) < 4.78 is 35.2. The predicted molar refractivity (Wildman–Crippen MR) is 131 cm³/mol. The maximum absolute atomic E-state index is 13.3. The second kappa shape index (κ2) is 9.85. The van der Waals surface area contributed by atoms with Gasteiger partial charge in [0.1, 0.15) is 17.1 Å². The van der Waals surface area contributed by atoms with E-state index < -0.39 is 10.0 Å². The Morgan fingerprint density at radius 1 is 1.21 bits per heavy atom. The van der Waals surface area contributed by atoms with Gasteiger partial charge in [0.05, 0.1) is 29.3 Å². The topological polar surface area (TPSA) is 131 Å². The Morgan fingerprint density at radius 3 is 2.59 bits per heavy atom. The highest BCUT2D eigenvalue weighted by molar-refractivity contribution is 7.89. The fourth-order valence-electron chi connectivity index (χ4n) is 4.79. The Bertz CT molecular complexity index is 1360. The number of methoxy groups -OCH3 is 1. The van der Waals surface area contributed by atoms with Crippen LogP contribution in [0.5, 0.6) is 5.75 Å². The van der Waals surface area contributed by atoms with Gasteiger partial charge in [0.25, 0.3) is 5.56 Å². The Kier molecular flexibility index (Phi) is 7.06. The van der Waals surface area contributed by atoms with Crippen LogP contribution in [0.25, 0.3) is 22.4 Å². The van der Waals surface area contributed by atoms with Gasteiger partial charge in [-0.15, -0.1) is 0 Å². The van der Waals surface area contributed by atoms with Crippen molar-refractivity contribution in [3.8, 4) is 17.1 Å². The molecular formula is C23H32N6O4S. The van der Waals surface area contributed by atoms with Crippen molar-refractivity contribution in [3.63, 3.8) is 0 Å². The number of H-pyrrole nitrogens is 1. The first kappa shape index (κ1) is 24.4. The van der Waals surface area contributed by atoms with Crippen LogP contribution in [0.15, 0.2) is 21.8 Å². The van der Waals surface area contributed by atoms with Crippen molar-refractivity contribution in [3.05, 3.63) is 33.7 Å². The summed E-state index contributed by atoms with van der Waals surface area (Å²) in [6.45, 7) is 2.40. The number of nitrogens with one attached hydrogen (secondary N) is 3.